The minimum atomic E-state index is -0.677. The molecule has 0 radical (unpaired) electrons. The molecule has 1 unspecified atom stereocenters. The van der Waals surface area contributed by atoms with Crippen molar-refractivity contribution in [2.45, 2.75) is 25.4 Å². The van der Waals surface area contributed by atoms with E-state index in [9.17, 15) is 18.8 Å². The zero-order valence-corrected chi connectivity index (χ0v) is 12.4. The van der Waals surface area contributed by atoms with Crippen LogP contribution < -0.4 is 10.2 Å². The summed E-state index contributed by atoms with van der Waals surface area (Å²) in [5, 5.41) is 2.24. The topological polar surface area (TPSA) is 69.7 Å². The van der Waals surface area contributed by atoms with Crippen LogP contribution in [0.5, 0.6) is 0 Å². The Morgan fingerprint density at radius 1 is 1.27 bits per heavy atom. The van der Waals surface area contributed by atoms with Crippen LogP contribution >= 0.6 is 0 Å². The standard InChI is InChI=1S/C15H16FN3O3/c1-18(2)12-5-8-7-19(15(22)9(8)6-10(12)16)11-3-4-13(20)17-14(11)21/h5-6,11H,3-4,7H2,1-2H3,(H,17,20,21). The first kappa shape index (κ1) is 14.5. The number of imide groups is 1. The molecular weight excluding hydrogens is 289 g/mol. The molecule has 0 bridgehead atoms. The molecule has 2 heterocycles. The SMILES string of the molecule is CN(C)c1cc2c(cc1F)C(=O)N(C1CCC(=O)NC1=O)C2. The third-order valence-corrected chi connectivity index (χ3v) is 4.07. The Bertz CT molecular complexity index is 687. The highest BCUT2D eigenvalue weighted by atomic mass is 19.1. The van der Waals surface area contributed by atoms with Gasteiger partial charge in [0.05, 0.1) is 5.69 Å². The maximum atomic E-state index is 14.0. The summed E-state index contributed by atoms with van der Waals surface area (Å²) in [7, 11) is 3.44. The lowest BCUT2D eigenvalue weighted by atomic mass is 10.0. The number of piperidine rings is 1. The zero-order valence-electron chi connectivity index (χ0n) is 12.4. The highest BCUT2D eigenvalue weighted by Crippen LogP contribution is 2.31. The second-order valence-electron chi connectivity index (χ2n) is 5.76. The molecule has 0 spiro atoms. The number of hydrogen-bond donors (Lipinski definition) is 1. The summed E-state index contributed by atoms with van der Waals surface area (Å²) in [6.07, 6.45) is 0.501. The van der Waals surface area contributed by atoms with E-state index in [0.29, 0.717) is 17.7 Å². The number of amides is 3. The van der Waals surface area contributed by atoms with Gasteiger partial charge in [-0.15, -0.1) is 0 Å². The zero-order chi connectivity index (χ0) is 16.0. The summed E-state index contributed by atoms with van der Waals surface area (Å²) in [6, 6.07) is 2.18. The van der Waals surface area contributed by atoms with E-state index >= 15 is 0 Å². The summed E-state index contributed by atoms with van der Waals surface area (Å²) in [5.74, 6) is -1.63. The molecule has 116 valence electrons. The highest BCUT2D eigenvalue weighted by Gasteiger charge is 2.39. The summed E-state index contributed by atoms with van der Waals surface area (Å²) >= 11 is 0. The number of nitrogens with zero attached hydrogens (tertiary/aromatic N) is 2. The Balaban J connectivity index is 1.91. The Morgan fingerprint density at radius 2 is 2.00 bits per heavy atom. The van der Waals surface area contributed by atoms with E-state index in [1.165, 1.54) is 11.0 Å². The van der Waals surface area contributed by atoms with E-state index in [0.717, 1.165) is 0 Å². The monoisotopic (exact) mass is 305 g/mol. The molecule has 3 rings (SSSR count). The molecule has 2 aliphatic rings. The molecule has 1 saturated heterocycles. The van der Waals surface area contributed by atoms with Crippen molar-refractivity contribution < 1.29 is 18.8 Å². The third kappa shape index (κ3) is 2.22. The van der Waals surface area contributed by atoms with E-state index in [1.54, 1.807) is 25.1 Å². The van der Waals surface area contributed by atoms with Crippen molar-refractivity contribution in [3.05, 3.63) is 29.1 Å². The van der Waals surface area contributed by atoms with Crippen molar-refractivity contribution in [2.75, 3.05) is 19.0 Å². The van der Waals surface area contributed by atoms with Gasteiger partial charge in [-0.25, -0.2) is 4.39 Å². The number of halogens is 1. The Kier molecular flexibility index (Phi) is 3.35. The van der Waals surface area contributed by atoms with E-state index in [4.69, 9.17) is 0 Å². The van der Waals surface area contributed by atoms with Crippen molar-refractivity contribution in [3.63, 3.8) is 0 Å². The fraction of sp³-hybridized carbons (Fsp3) is 0.400. The minimum Gasteiger partial charge on any atom is -0.375 e. The van der Waals surface area contributed by atoms with E-state index < -0.39 is 17.8 Å². The second kappa shape index (κ2) is 5.08. The smallest absolute Gasteiger partial charge is 0.255 e. The Morgan fingerprint density at radius 3 is 2.64 bits per heavy atom. The quantitative estimate of drug-likeness (QED) is 0.815. The largest absolute Gasteiger partial charge is 0.375 e. The van der Waals surface area contributed by atoms with E-state index in [1.807, 2.05) is 0 Å². The van der Waals surface area contributed by atoms with Gasteiger partial charge in [0, 0.05) is 32.6 Å². The second-order valence-corrected chi connectivity index (χ2v) is 5.76. The molecule has 7 heteroatoms. The molecule has 1 aromatic rings. The molecule has 0 saturated carbocycles. The van der Waals surface area contributed by atoms with Crippen LogP contribution in [0.25, 0.3) is 0 Å². The lowest BCUT2D eigenvalue weighted by molar-refractivity contribution is -0.136. The summed E-state index contributed by atoms with van der Waals surface area (Å²) in [6.45, 7) is 0.252. The van der Waals surface area contributed by atoms with Crippen molar-refractivity contribution in [1.82, 2.24) is 10.2 Å². The number of anilines is 1. The van der Waals surface area contributed by atoms with Crippen LogP contribution in [0, 0.1) is 5.82 Å². The highest BCUT2D eigenvalue weighted by molar-refractivity contribution is 6.05. The molecule has 0 aromatic heterocycles. The van der Waals surface area contributed by atoms with Gasteiger partial charge in [0.2, 0.25) is 11.8 Å². The van der Waals surface area contributed by atoms with Crippen LogP contribution in [0.1, 0.15) is 28.8 Å². The average Bonchev–Trinajstić information content (AvgIpc) is 2.75. The lowest BCUT2D eigenvalue weighted by Gasteiger charge is -2.29. The van der Waals surface area contributed by atoms with Crippen molar-refractivity contribution in [1.29, 1.82) is 0 Å². The van der Waals surface area contributed by atoms with Gasteiger partial charge in [-0.1, -0.05) is 0 Å². The number of carbonyl (C=O) groups excluding carboxylic acids is 3. The molecule has 6 nitrogen and oxygen atoms in total. The van der Waals surface area contributed by atoms with Crippen LogP contribution in [0.2, 0.25) is 0 Å². The number of rotatable bonds is 2. The molecule has 1 N–H and O–H groups in total. The fourth-order valence-electron chi connectivity index (χ4n) is 2.92. The first-order valence-corrected chi connectivity index (χ1v) is 7.03. The van der Waals surface area contributed by atoms with Gasteiger partial charge in [0.1, 0.15) is 11.9 Å². The molecule has 1 aromatic carbocycles. The van der Waals surface area contributed by atoms with Gasteiger partial charge in [0.25, 0.3) is 5.91 Å². The molecule has 0 aliphatic carbocycles. The van der Waals surface area contributed by atoms with Gasteiger partial charge >= 0.3 is 0 Å². The van der Waals surface area contributed by atoms with Gasteiger partial charge in [-0.3, -0.25) is 19.7 Å². The maximum absolute atomic E-state index is 14.0. The van der Waals surface area contributed by atoms with Crippen LogP contribution in [0.3, 0.4) is 0 Å². The third-order valence-electron chi connectivity index (χ3n) is 4.07. The summed E-state index contributed by atoms with van der Waals surface area (Å²) < 4.78 is 14.0. The lowest BCUT2D eigenvalue weighted by Crippen LogP contribution is -2.52. The summed E-state index contributed by atoms with van der Waals surface area (Å²) in [5.41, 5.74) is 1.38. The van der Waals surface area contributed by atoms with Crippen molar-refractivity contribution in [2.24, 2.45) is 0 Å². The minimum absolute atomic E-state index is 0.202. The molecule has 2 aliphatic heterocycles. The van der Waals surface area contributed by atoms with Crippen molar-refractivity contribution >= 4 is 23.4 Å². The van der Waals surface area contributed by atoms with E-state index in [-0.39, 0.29) is 30.3 Å². The Hall–Kier alpha value is -2.44. The first-order chi connectivity index (χ1) is 10.4. The van der Waals surface area contributed by atoms with Crippen LogP contribution in [-0.4, -0.2) is 42.8 Å². The summed E-state index contributed by atoms with van der Waals surface area (Å²) in [4.78, 5) is 38.6. The number of carbonyl (C=O) groups is 3. The van der Waals surface area contributed by atoms with E-state index in [2.05, 4.69) is 5.32 Å². The average molecular weight is 305 g/mol. The van der Waals surface area contributed by atoms with Crippen LogP contribution in [0.15, 0.2) is 12.1 Å². The molecular formula is C15H16FN3O3. The first-order valence-electron chi connectivity index (χ1n) is 7.03. The molecule has 22 heavy (non-hydrogen) atoms. The van der Waals surface area contributed by atoms with Crippen LogP contribution in [0.4, 0.5) is 10.1 Å². The fourth-order valence-corrected chi connectivity index (χ4v) is 2.92. The number of benzene rings is 1. The van der Waals surface area contributed by atoms with Gasteiger partial charge in [0.15, 0.2) is 0 Å². The van der Waals surface area contributed by atoms with Crippen LogP contribution in [-0.2, 0) is 16.1 Å². The Labute approximate surface area is 126 Å². The maximum Gasteiger partial charge on any atom is 0.255 e. The van der Waals surface area contributed by atoms with Crippen molar-refractivity contribution in [3.8, 4) is 0 Å². The van der Waals surface area contributed by atoms with Gasteiger partial charge in [-0.2, -0.15) is 0 Å². The molecule has 1 atom stereocenters. The normalized spacial score (nSPS) is 21.0. The predicted molar refractivity (Wildman–Crippen MR) is 76.8 cm³/mol. The van der Waals surface area contributed by atoms with Gasteiger partial charge in [-0.05, 0) is 24.1 Å². The molecule has 3 amide bonds. The predicted octanol–water partition coefficient (Wildman–Crippen LogP) is 0.653. The number of fused-ring (bicyclic) bond motifs is 1. The number of nitrogens with one attached hydrogen (secondary N) is 1. The van der Waals surface area contributed by atoms with Gasteiger partial charge < -0.3 is 9.80 Å². The number of hydrogen-bond acceptors (Lipinski definition) is 4. The molecule has 1 fully saturated rings.